The number of unbranched alkanes of at least 4 members (excludes halogenated alkanes) is 8. The zero-order valence-electron chi connectivity index (χ0n) is 15.1. The van der Waals surface area contributed by atoms with Crippen LogP contribution in [0.15, 0.2) is 0 Å². The summed E-state index contributed by atoms with van der Waals surface area (Å²) in [4.78, 5) is 10.5. The van der Waals surface area contributed by atoms with E-state index in [4.69, 9.17) is 5.11 Å². The van der Waals surface area contributed by atoms with Crippen molar-refractivity contribution in [1.82, 2.24) is 0 Å². The summed E-state index contributed by atoms with van der Waals surface area (Å²) in [5.74, 6) is 0.551. The Kier molecular flexibility index (Phi) is 11.4. The molecule has 0 bridgehead atoms. The number of hydrogen-bond donors (Lipinski definition) is 2. The van der Waals surface area contributed by atoms with Crippen LogP contribution in [0.2, 0.25) is 0 Å². The van der Waals surface area contributed by atoms with Crippen LogP contribution in [0.25, 0.3) is 0 Å². The van der Waals surface area contributed by atoms with E-state index in [1.807, 2.05) is 0 Å². The third-order valence-electron chi connectivity index (χ3n) is 5.54. The monoisotopic (exact) mass is 326 g/mol. The molecule has 1 saturated carbocycles. The molecule has 0 radical (unpaired) electrons. The summed E-state index contributed by atoms with van der Waals surface area (Å²) < 4.78 is 0. The van der Waals surface area contributed by atoms with Crippen molar-refractivity contribution in [3.05, 3.63) is 0 Å². The molecule has 0 amide bonds. The molecule has 0 aromatic carbocycles. The lowest BCUT2D eigenvalue weighted by Crippen LogP contribution is -2.19. The van der Waals surface area contributed by atoms with Crippen LogP contribution in [0.3, 0.4) is 0 Å². The Morgan fingerprint density at radius 3 is 2.17 bits per heavy atom. The van der Waals surface area contributed by atoms with Crippen LogP contribution in [0.4, 0.5) is 0 Å². The minimum absolute atomic E-state index is 0.0842. The minimum Gasteiger partial charge on any atom is -0.481 e. The van der Waals surface area contributed by atoms with Gasteiger partial charge < -0.3 is 10.2 Å². The van der Waals surface area contributed by atoms with Crippen LogP contribution >= 0.6 is 0 Å². The van der Waals surface area contributed by atoms with Crippen molar-refractivity contribution < 1.29 is 15.0 Å². The zero-order chi connectivity index (χ0) is 16.9. The lowest BCUT2D eigenvalue weighted by atomic mass is 9.85. The Labute approximate surface area is 142 Å². The second kappa shape index (κ2) is 12.8. The van der Waals surface area contributed by atoms with Crippen molar-refractivity contribution in [2.24, 2.45) is 11.8 Å². The molecule has 3 atom stereocenters. The van der Waals surface area contributed by atoms with Crippen LogP contribution in [-0.4, -0.2) is 22.3 Å². The summed E-state index contributed by atoms with van der Waals surface area (Å²) in [5, 5.41) is 18.9. The Morgan fingerprint density at radius 2 is 1.48 bits per heavy atom. The number of carboxylic acid groups (broad SMARTS) is 1. The van der Waals surface area contributed by atoms with E-state index < -0.39 is 5.97 Å². The number of hydrogen-bond acceptors (Lipinski definition) is 2. The van der Waals surface area contributed by atoms with Gasteiger partial charge in [0.1, 0.15) is 0 Å². The van der Waals surface area contributed by atoms with Crippen LogP contribution in [0.5, 0.6) is 0 Å². The predicted molar refractivity (Wildman–Crippen MR) is 95.6 cm³/mol. The molecule has 0 aromatic rings. The van der Waals surface area contributed by atoms with Gasteiger partial charge in [0.2, 0.25) is 0 Å². The summed E-state index contributed by atoms with van der Waals surface area (Å²) in [6, 6.07) is 0. The highest BCUT2D eigenvalue weighted by atomic mass is 16.4. The molecular weight excluding hydrogens is 288 g/mol. The lowest BCUT2D eigenvalue weighted by Gasteiger charge is -2.22. The zero-order valence-corrected chi connectivity index (χ0v) is 15.1. The van der Waals surface area contributed by atoms with Crippen molar-refractivity contribution in [2.45, 2.75) is 109 Å². The van der Waals surface area contributed by atoms with Crippen molar-refractivity contribution in [2.75, 3.05) is 0 Å². The Hall–Kier alpha value is -0.570. The average Bonchev–Trinajstić information content (AvgIpc) is 2.86. The molecule has 3 nitrogen and oxygen atoms in total. The standard InChI is InChI=1S/C20H38O3/c1-2-3-4-5-6-9-12-17-15-16-19(21)18(17)13-10-7-8-11-14-20(22)23/h17-19,21H,2-16H2,1H3,(H,22,23). The van der Waals surface area contributed by atoms with Gasteiger partial charge in [-0.2, -0.15) is 0 Å². The fourth-order valence-corrected chi connectivity index (χ4v) is 4.11. The van der Waals surface area contributed by atoms with E-state index in [-0.39, 0.29) is 6.10 Å². The van der Waals surface area contributed by atoms with E-state index >= 15 is 0 Å². The molecular formula is C20H38O3. The van der Waals surface area contributed by atoms with Crippen LogP contribution in [0, 0.1) is 11.8 Å². The maximum absolute atomic E-state index is 10.5. The topological polar surface area (TPSA) is 57.5 Å². The highest BCUT2D eigenvalue weighted by Gasteiger charge is 2.33. The summed E-state index contributed by atoms with van der Waals surface area (Å²) in [6.45, 7) is 2.26. The molecule has 1 fully saturated rings. The molecule has 3 unspecified atom stereocenters. The Bertz CT molecular complexity index is 303. The molecule has 23 heavy (non-hydrogen) atoms. The van der Waals surface area contributed by atoms with E-state index in [0.29, 0.717) is 12.3 Å². The van der Waals surface area contributed by atoms with Gasteiger partial charge in [0.15, 0.2) is 0 Å². The minimum atomic E-state index is -0.685. The fourth-order valence-electron chi connectivity index (χ4n) is 4.11. The Morgan fingerprint density at radius 1 is 0.870 bits per heavy atom. The molecule has 1 aliphatic carbocycles. The lowest BCUT2D eigenvalue weighted by molar-refractivity contribution is -0.137. The SMILES string of the molecule is CCCCCCCCC1CCC(O)C1CCCCCCC(=O)O. The smallest absolute Gasteiger partial charge is 0.303 e. The van der Waals surface area contributed by atoms with E-state index in [2.05, 4.69) is 6.92 Å². The van der Waals surface area contributed by atoms with Gasteiger partial charge in [0.25, 0.3) is 0 Å². The first-order chi connectivity index (χ1) is 11.1. The largest absolute Gasteiger partial charge is 0.481 e. The van der Waals surface area contributed by atoms with Crippen molar-refractivity contribution in [3.8, 4) is 0 Å². The summed E-state index contributed by atoms with van der Waals surface area (Å²) in [5.41, 5.74) is 0. The Balaban J connectivity index is 2.09. The number of rotatable bonds is 14. The molecule has 1 aliphatic rings. The van der Waals surface area contributed by atoms with Gasteiger partial charge in [-0.3, -0.25) is 4.79 Å². The van der Waals surface area contributed by atoms with Crippen LogP contribution < -0.4 is 0 Å². The second-order valence-corrected chi connectivity index (χ2v) is 7.47. The van der Waals surface area contributed by atoms with Crippen molar-refractivity contribution in [3.63, 3.8) is 0 Å². The first kappa shape index (κ1) is 20.5. The van der Waals surface area contributed by atoms with Gasteiger partial charge in [-0.15, -0.1) is 0 Å². The quantitative estimate of drug-likeness (QED) is 0.411. The third kappa shape index (κ3) is 9.34. The molecule has 0 heterocycles. The molecule has 0 saturated heterocycles. The molecule has 1 rings (SSSR count). The van der Waals surface area contributed by atoms with E-state index in [0.717, 1.165) is 44.4 Å². The second-order valence-electron chi connectivity index (χ2n) is 7.47. The summed E-state index contributed by atoms with van der Waals surface area (Å²) in [7, 11) is 0. The van der Waals surface area contributed by atoms with Gasteiger partial charge in [-0.25, -0.2) is 0 Å². The van der Waals surface area contributed by atoms with Crippen molar-refractivity contribution >= 4 is 5.97 Å². The van der Waals surface area contributed by atoms with Gasteiger partial charge in [-0.1, -0.05) is 71.1 Å². The first-order valence-corrected chi connectivity index (χ1v) is 10.0. The van der Waals surface area contributed by atoms with Crippen molar-refractivity contribution in [1.29, 1.82) is 0 Å². The maximum atomic E-state index is 10.5. The molecule has 2 N–H and O–H groups in total. The van der Waals surface area contributed by atoms with Crippen LogP contribution in [0.1, 0.15) is 103 Å². The van der Waals surface area contributed by atoms with Gasteiger partial charge in [-0.05, 0) is 37.5 Å². The highest BCUT2D eigenvalue weighted by molar-refractivity contribution is 5.66. The van der Waals surface area contributed by atoms with Gasteiger partial charge in [0.05, 0.1) is 6.10 Å². The fraction of sp³-hybridized carbons (Fsp3) is 0.950. The predicted octanol–water partition coefficient (Wildman–Crippen LogP) is 5.55. The number of aliphatic hydroxyl groups excluding tert-OH is 1. The third-order valence-corrected chi connectivity index (χ3v) is 5.54. The van der Waals surface area contributed by atoms with Crippen LogP contribution in [-0.2, 0) is 4.79 Å². The van der Waals surface area contributed by atoms with E-state index in [1.165, 1.54) is 51.4 Å². The molecule has 0 spiro atoms. The van der Waals surface area contributed by atoms with E-state index in [9.17, 15) is 9.90 Å². The maximum Gasteiger partial charge on any atom is 0.303 e. The van der Waals surface area contributed by atoms with Gasteiger partial charge in [0, 0.05) is 6.42 Å². The summed E-state index contributed by atoms with van der Waals surface area (Å²) in [6.07, 6.45) is 17.0. The normalized spacial score (nSPS) is 24.2. The van der Waals surface area contributed by atoms with E-state index in [1.54, 1.807) is 0 Å². The molecule has 0 aromatic heterocycles. The number of aliphatic carboxylic acids is 1. The van der Waals surface area contributed by atoms with Gasteiger partial charge >= 0.3 is 5.97 Å². The summed E-state index contributed by atoms with van der Waals surface area (Å²) >= 11 is 0. The molecule has 136 valence electrons. The number of aliphatic hydroxyl groups is 1. The molecule has 0 aliphatic heterocycles. The highest BCUT2D eigenvalue weighted by Crippen LogP contribution is 2.38. The molecule has 3 heteroatoms. The first-order valence-electron chi connectivity index (χ1n) is 10.0. The number of carbonyl (C=O) groups is 1. The number of carboxylic acids is 1. The average molecular weight is 327 g/mol.